The predicted molar refractivity (Wildman–Crippen MR) is 247 cm³/mol. The second-order valence-corrected chi connectivity index (χ2v) is 16.7. The zero-order valence-electron chi connectivity index (χ0n) is 32.6. The quantitative estimate of drug-likeness (QED) is 0.168. The topological polar surface area (TPSA) is 26.3 Å². The molecule has 0 radical (unpaired) electrons. The van der Waals surface area contributed by atoms with Crippen molar-refractivity contribution in [3.8, 4) is 44.5 Å². The van der Waals surface area contributed by atoms with Crippen molar-refractivity contribution in [2.24, 2.45) is 0 Å². The Morgan fingerprint density at radius 1 is 0.339 bits per heavy atom. The number of furan rings is 2. The molecule has 1 aliphatic carbocycles. The lowest BCUT2D eigenvalue weighted by Crippen LogP contribution is -2.15. The molecule has 0 saturated heterocycles. The van der Waals surface area contributed by atoms with Crippen LogP contribution in [0.2, 0.25) is 0 Å². The zero-order valence-corrected chi connectivity index (χ0v) is 32.6. The van der Waals surface area contributed by atoms with Crippen molar-refractivity contribution in [2.45, 2.75) is 19.3 Å². The largest absolute Gasteiger partial charge is 0.456 e. The van der Waals surface area contributed by atoms with Crippen LogP contribution in [0.5, 0.6) is 0 Å². The summed E-state index contributed by atoms with van der Waals surface area (Å²) in [5.74, 6) is 0. The summed E-state index contributed by atoms with van der Waals surface area (Å²) in [5.41, 5.74) is 15.9. The molecular formula is C57H36O2. The van der Waals surface area contributed by atoms with Crippen LogP contribution in [-0.2, 0) is 5.41 Å². The number of hydrogen-bond acceptors (Lipinski definition) is 2. The van der Waals surface area contributed by atoms with Crippen molar-refractivity contribution in [3.63, 3.8) is 0 Å². The minimum atomic E-state index is -0.185. The number of fused-ring (bicyclic) bond motifs is 13. The Labute approximate surface area is 340 Å². The summed E-state index contributed by atoms with van der Waals surface area (Å²) in [5, 5.41) is 12.0. The summed E-state index contributed by atoms with van der Waals surface area (Å²) in [7, 11) is 0. The monoisotopic (exact) mass is 752 g/mol. The lowest BCUT2D eigenvalue weighted by atomic mass is 9.80. The van der Waals surface area contributed by atoms with Gasteiger partial charge in [-0.3, -0.25) is 0 Å². The van der Waals surface area contributed by atoms with Crippen molar-refractivity contribution in [3.05, 3.63) is 193 Å². The molecular weight excluding hydrogens is 717 g/mol. The Hall–Kier alpha value is -7.42. The molecule has 12 aromatic rings. The van der Waals surface area contributed by atoms with Gasteiger partial charge in [0.1, 0.15) is 22.3 Å². The van der Waals surface area contributed by atoms with E-state index in [0.717, 1.165) is 55.0 Å². The van der Waals surface area contributed by atoms with Gasteiger partial charge in [-0.15, -0.1) is 0 Å². The molecule has 59 heavy (non-hydrogen) atoms. The Morgan fingerprint density at radius 2 is 0.915 bits per heavy atom. The van der Waals surface area contributed by atoms with E-state index in [0.29, 0.717) is 0 Å². The van der Waals surface area contributed by atoms with Crippen LogP contribution in [0.3, 0.4) is 0 Å². The Balaban J connectivity index is 0.978. The van der Waals surface area contributed by atoms with E-state index in [-0.39, 0.29) is 5.41 Å². The Bertz CT molecular complexity index is 3700. The first kappa shape index (κ1) is 32.6. The fourth-order valence-corrected chi connectivity index (χ4v) is 10.5. The van der Waals surface area contributed by atoms with E-state index in [1.54, 1.807) is 0 Å². The van der Waals surface area contributed by atoms with Crippen LogP contribution in [0.1, 0.15) is 25.0 Å². The average Bonchev–Trinajstić information content (AvgIpc) is 3.92. The minimum Gasteiger partial charge on any atom is -0.456 e. The van der Waals surface area contributed by atoms with Crippen LogP contribution in [0.4, 0.5) is 0 Å². The molecule has 2 nitrogen and oxygen atoms in total. The SMILES string of the molecule is CC1(C)c2ccc(-c3cccc4c3oc3ccc5oc6ccccc6c5c34)cc2-c2ccc(-c3c4ccccc4c(-c4ccc5ccccc5c4)c4ccccc34)cc21. The maximum atomic E-state index is 6.74. The van der Waals surface area contributed by atoms with Crippen LogP contribution >= 0.6 is 0 Å². The predicted octanol–water partition coefficient (Wildman–Crippen LogP) is 16.3. The molecule has 13 rings (SSSR count). The van der Waals surface area contributed by atoms with E-state index in [4.69, 9.17) is 8.83 Å². The molecule has 276 valence electrons. The summed E-state index contributed by atoms with van der Waals surface area (Å²) in [6, 6.07) is 66.5. The summed E-state index contributed by atoms with van der Waals surface area (Å²) < 4.78 is 13.0. The molecule has 2 aromatic heterocycles. The van der Waals surface area contributed by atoms with Gasteiger partial charge in [0.25, 0.3) is 0 Å². The third-order valence-corrected chi connectivity index (χ3v) is 13.2. The lowest BCUT2D eigenvalue weighted by molar-refractivity contribution is 0.660. The highest BCUT2D eigenvalue weighted by Crippen LogP contribution is 2.53. The van der Waals surface area contributed by atoms with Gasteiger partial charge in [-0.1, -0.05) is 159 Å². The maximum absolute atomic E-state index is 6.74. The van der Waals surface area contributed by atoms with Gasteiger partial charge < -0.3 is 8.83 Å². The second kappa shape index (κ2) is 11.8. The van der Waals surface area contributed by atoms with E-state index < -0.39 is 0 Å². The second-order valence-electron chi connectivity index (χ2n) is 16.7. The molecule has 0 atom stereocenters. The normalized spacial score (nSPS) is 13.4. The fraction of sp³-hybridized carbons (Fsp3) is 0.0526. The summed E-state index contributed by atoms with van der Waals surface area (Å²) in [4.78, 5) is 0. The molecule has 10 aromatic carbocycles. The minimum absolute atomic E-state index is 0.185. The van der Waals surface area contributed by atoms with Crippen LogP contribution in [-0.4, -0.2) is 0 Å². The van der Waals surface area contributed by atoms with Gasteiger partial charge in [-0.05, 0) is 119 Å². The van der Waals surface area contributed by atoms with E-state index >= 15 is 0 Å². The molecule has 0 fully saturated rings. The zero-order chi connectivity index (χ0) is 39.0. The molecule has 0 saturated carbocycles. The van der Waals surface area contributed by atoms with Gasteiger partial charge in [0.15, 0.2) is 0 Å². The molecule has 0 bridgehead atoms. The first-order valence-corrected chi connectivity index (χ1v) is 20.5. The van der Waals surface area contributed by atoms with Crippen LogP contribution in [0.15, 0.2) is 191 Å². The number of hydrogen-bond donors (Lipinski definition) is 0. The van der Waals surface area contributed by atoms with E-state index in [9.17, 15) is 0 Å². The first-order chi connectivity index (χ1) is 29.0. The van der Waals surface area contributed by atoms with Crippen LogP contribution in [0, 0.1) is 0 Å². The fourth-order valence-electron chi connectivity index (χ4n) is 10.5. The molecule has 0 spiro atoms. The third kappa shape index (κ3) is 4.52. The summed E-state index contributed by atoms with van der Waals surface area (Å²) in [6.07, 6.45) is 0. The van der Waals surface area contributed by atoms with E-state index in [2.05, 4.69) is 172 Å². The highest BCUT2D eigenvalue weighted by atomic mass is 16.3. The highest BCUT2D eigenvalue weighted by Gasteiger charge is 2.36. The molecule has 0 N–H and O–H groups in total. The van der Waals surface area contributed by atoms with Crippen molar-refractivity contribution in [1.29, 1.82) is 0 Å². The smallest absolute Gasteiger partial charge is 0.143 e. The number of benzene rings is 10. The lowest BCUT2D eigenvalue weighted by Gasteiger charge is -2.23. The molecule has 0 amide bonds. The Morgan fingerprint density at radius 3 is 1.66 bits per heavy atom. The maximum Gasteiger partial charge on any atom is 0.143 e. The Kier molecular flexibility index (Phi) is 6.54. The van der Waals surface area contributed by atoms with Gasteiger partial charge in [0.2, 0.25) is 0 Å². The van der Waals surface area contributed by atoms with Gasteiger partial charge in [0.05, 0.1) is 0 Å². The summed E-state index contributed by atoms with van der Waals surface area (Å²) in [6.45, 7) is 4.75. The van der Waals surface area contributed by atoms with E-state index in [1.807, 2.05) is 24.3 Å². The van der Waals surface area contributed by atoms with Gasteiger partial charge in [-0.2, -0.15) is 0 Å². The van der Waals surface area contributed by atoms with Crippen molar-refractivity contribution < 1.29 is 8.83 Å². The van der Waals surface area contributed by atoms with Crippen LogP contribution < -0.4 is 0 Å². The van der Waals surface area contributed by atoms with Gasteiger partial charge in [-0.25, -0.2) is 0 Å². The van der Waals surface area contributed by atoms with Crippen LogP contribution in [0.25, 0.3) is 121 Å². The average molecular weight is 753 g/mol. The third-order valence-electron chi connectivity index (χ3n) is 13.2. The number of rotatable bonds is 3. The molecule has 1 aliphatic rings. The molecule has 0 aliphatic heterocycles. The van der Waals surface area contributed by atoms with Gasteiger partial charge in [0, 0.05) is 32.5 Å². The molecule has 0 unspecified atom stereocenters. The highest BCUT2D eigenvalue weighted by molar-refractivity contribution is 6.27. The standard InChI is InChI=1S/C57H36O2/c1-57(2)47-27-25-35(38-19-11-20-45-55-51(59-56(38)45)29-28-50-54(55)44-18-9-10-21-49(44)58-50)31-46(47)39-26-24-37(32-48(39)57)53-42-16-7-5-14-40(42)52(41-15-6-8-17-43(41)53)36-23-22-33-12-3-4-13-34(33)30-36/h3-32H,1-2H3. The van der Waals surface area contributed by atoms with Crippen molar-refractivity contribution in [2.75, 3.05) is 0 Å². The number of para-hydroxylation sites is 2. The molecule has 2 heteroatoms. The van der Waals surface area contributed by atoms with Crippen molar-refractivity contribution >= 4 is 76.2 Å². The van der Waals surface area contributed by atoms with E-state index in [1.165, 1.54) is 76.8 Å². The first-order valence-electron chi connectivity index (χ1n) is 20.5. The summed E-state index contributed by atoms with van der Waals surface area (Å²) >= 11 is 0. The van der Waals surface area contributed by atoms with Gasteiger partial charge >= 0.3 is 0 Å². The van der Waals surface area contributed by atoms with Crippen molar-refractivity contribution in [1.82, 2.24) is 0 Å². The molecule has 2 heterocycles.